The number of amides is 1. The van der Waals surface area contributed by atoms with E-state index in [-0.39, 0.29) is 5.91 Å². The van der Waals surface area contributed by atoms with E-state index in [1.807, 2.05) is 23.1 Å². The second kappa shape index (κ2) is 6.84. The van der Waals surface area contributed by atoms with E-state index < -0.39 is 0 Å². The van der Waals surface area contributed by atoms with Gasteiger partial charge in [-0.1, -0.05) is 0 Å². The maximum Gasteiger partial charge on any atom is 0.254 e. The Hall–Kier alpha value is -2.61. The van der Waals surface area contributed by atoms with Crippen molar-refractivity contribution in [1.29, 1.82) is 0 Å². The Morgan fingerprint density at radius 1 is 0.926 bits per heavy atom. The van der Waals surface area contributed by atoms with E-state index in [0.717, 1.165) is 48.5 Å². The maximum atomic E-state index is 12.8. The highest BCUT2D eigenvalue weighted by atomic mass is 32.1. The zero-order valence-corrected chi connectivity index (χ0v) is 15.8. The molecule has 0 bridgehead atoms. The van der Waals surface area contributed by atoms with Crippen molar-refractivity contribution in [3.63, 3.8) is 0 Å². The number of benzene rings is 1. The predicted octanol–water partition coefficient (Wildman–Crippen LogP) is 2.32. The van der Waals surface area contributed by atoms with E-state index in [0.29, 0.717) is 18.7 Å². The lowest BCUT2D eigenvalue weighted by atomic mass is 9.97. The van der Waals surface area contributed by atoms with Gasteiger partial charge in [-0.25, -0.2) is 0 Å². The van der Waals surface area contributed by atoms with E-state index in [1.54, 1.807) is 0 Å². The largest absolute Gasteiger partial charge is 0.352 e. The first kappa shape index (κ1) is 16.6. The summed E-state index contributed by atoms with van der Waals surface area (Å²) in [5.74, 6) is 0.999. The highest BCUT2D eigenvalue weighted by Gasteiger charge is 2.24. The number of nitrogens with zero attached hydrogens (tertiary/aromatic N) is 6. The number of aromatic nitrogens is 4. The Balaban J connectivity index is 1.27. The molecule has 1 fully saturated rings. The van der Waals surface area contributed by atoms with E-state index in [4.69, 9.17) is 0 Å². The molecular formula is C19H20N6OS. The fourth-order valence-corrected chi connectivity index (χ4v) is 4.39. The number of aryl methyl sites for hydroxylation is 2. The van der Waals surface area contributed by atoms with Gasteiger partial charge in [-0.3, -0.25) is 4.79 Å². The van der Waals surface area contributed by atoms with Gasteiger partial charge in [0.25, 0.3) is 5.91 Å². The Morgan fingerprint density at radius 2 is 1.74 bits per heavy atom. The maximum absolute atomic E-state index is 12.8. The third-order valence-corrected chi connectivity index (χ3v) is 6.01. The third-order valence-electron chi connectivity index (χ3n) is 5.45. The monoisotopic (exact) mass is 380 g/mol. The summed E-state index contributed by atoms with van der Waals surface area (Å²) in [6.07, 6.45) is 4.60. The molecule has 0 unspecified atom stereocenters. The summed E-state index contributed by atoms with van der Waals surface area (Å²) < 4.78 is 8.42. The smallest absolute Gasteiger partial charge is 0.254 e. The van der Waals surface area contributed by atoms with Crippen LogP contribution in [-0.4, -0.2) is 55.9 Å². The third kappa shape index (κ3) is 3.14. The molecule has 0 N–H and O–H groups in total. The summed E-state index contributed by atoms with van der Waals surface area (Å²) in [6.45, 7) is 2.93. The van der Waals surface area contributed by atoms with Gasteiger partial charge in [0.2, 0.25) is 0 Å². The number of fused-ring (bicyclic) bond motifs is 2. The summed E-state index contributed by atoms with van der Waals surface area (Å²) in [4.78, 5) is 17.0. The molecule has 1 aliphatic carbocycles. The first-order valence-corrected chi connectivity index (χ1v) is 10.1. The molecule has 1 amide bonds. The van der Waals surface area contributed by atoms with Crippen molar-refractivity contribution < 1.29 is 4.79 Å². The van der Waals surface area contributed by atoms with Gasteiger partial charge >= 0.3 is 0 Å². The Bertz CT molecular complexity index is 995. The average molecular weight is 380 g/mol. The SMILES string of the molecule is O=C(c1ccc2nsnc2c1)N1CCN(c2cc3c(nn2)CCCC3)CC1. The normalized spacial score (nSPS) is 17.2. The lowest BCUT2D eigenvalue weighted by molar-refractivity contribution is 0.0746. The first-order chi connectivity index (χ1) is 13.3. The number of piperazine rings is 1. The molecule has 138 valence electrons. The summed E-state index contributed by atoms with van der Waals surface area (Å²) >= 11 is 1.17. The van der Waals surface area contributed by atoms with Gasteiger partial charge in [-0.05, 0) is 55.5 Å². The lowest BCUT2D eigenvalue weighted by Gasteiger charge is -2.35. The quantitative estimate of drug-likeness (QED) is 0.679. The van der Waals surface area contributed by atoms with Crippen LogP contribution in [0.3, 0.4) is 0 Å². The number of carbonyl (C=O) groups is 1. The van der Waals surface area contributed by atoms with Gasteiger partial charge in [0, 0.05) is 31.7 Å². The molecule has 0 atom stereocenters. The summed E-state index contributed by atoms with van der Waals surface area (Å²) in [5.41, 5.74) is 4.80. The number of rotatable bonds is 2. The number of carbonyl (C=O) groups excluding carboxylic acids is 1. The molecule has 2 aliphatic rings. The van der Waals surface area contributed by atoms with Crippen molar-refractivity contribution in [2.75, 3.05) is 31.1 Å². The molecule has 8 heteroatoms. The van der Waals surface area contributed by atoms with Crippen molar-refractivity contribution in [2.45, 2.75) is 25.7 Å². The van der Waals surface area contributed by atoms with Gasteiger partial charge in [0.15, 0.2) is 5.82 Å². The molecule has 5 rings (SSSR count). The zero-order chi connectivity index (χ0) is 18.2. The Labute approximate surface area is 161 Å². The summed E-state index contributed by atoms with van der Waals surface area (Å²) in [7, 11) is 0. The van der Waals surface area contributed by atoms with Crippen LogP contribution in [0.2, 0.25) is 0 Å². The number of anilines is 1. The van der Waals surface area contributed by atoms with Crippen LogP contribution in [0.1, 0.15) is 34.5 Å². The minimum absolute atomic E-state index is 0.0566. The van der Waals surface area contributed by atoms with Gasteiger partial charge in [0.1, 0.15) is 11.0 Å². The van der Waals surface area contributed by atoms with Crippen LogP contribution in [-0.2, 0) is 12.8 Å². The van der Waals surface area contributed by atoms with Gasteiger partial charge in [-0.2, -0.15) is 13.8 Å². The number of hydrogen-bond donors (Lipinski definition) is 0. The van der Waals surface area contributed by atoms with Gasteiger partial charge < -0.3 is 9.80 Å². The summed E-state index contributed by atoms with van der Waals surface area (Å²) in [5, 5.41) is 8.87. The molecule has 0 spiro atoms. The molecule has 3 heterocycles. The Morgan fingerprint density at radius 3 is 2.63 bits per heavy atom. The van der Waals surface area contributed by atoms with E-state index in [2.05, 4.69) is 29.9 Å². The van der Waals surface area contributed by atoms with Crippen molar-refractivity contribution >= 4 is 34.5 Å². The predicted molar refractivity (Wildman–Crippen MR) is 104 cm³/mol. The van der Waals surface area contributed by atoms with Crippen LogP contribution < -0.4 is 4.90 Å². The summed E-state index contributed by atoms with van der Waals surface area (Å²) in [6, 6.07) is 7.74. The van der Waals surface area contributed by atoms with Crippen LogP contribution in [0.25, 0.3) is 11.0 Å². The molecule has 1 saturated heterocycles. The van der Waals surface area contributed by atoms with Gasteiger partial charge in [0.05, 0.1) is 17.4 Å². The first-order valence-electron chi connectivity index (χ1n) is 9.40. The standard InChI is InChI=1S/C19H20N6OS/c26-19(14-5-6-16-17(11-14)23-27-22-16)25-9-7-24(8-10-25)18-12-13-3-1-2-4-15(13)20-21-18/h5-6,11-12H,1-4,7-10H2. The highest BCUT2D eigenvalue weighted by Crippen LogP contribution is 2.23. The second-order valence-corrected chi connectivity index (χ2v) is 7.66. The van der Waals surface area contributed by atoms with Crippen molar-refractivity contribution in [2.24, 2.45) is 0 Å². The van der Waals surface area contributed by atoms with Crippen LogP contribution >= 0.6 is 11.7 Å². The second-order valence-electron chi connectivity index (χ2n) is 7.13. The molecule has 27 heavy (non-hydrogen) atoms. The number of hydrogen-bond acceptors (Lipinski definition) is 7. The van der Waals surface area contributed by atoms with Gasteiger partial charge in [-0.15, -0.1) is 5.10 Å². The van der Waals surface area contributed by atoms with Crippen LogP contribution in [0.15, 0.2) is 24.3 Å². The minimum atomic E-state index is 0.0566. The average Bonchev–Trinajstić information content (AvgIpc) is 3.21. The fraction of sp³-hybridized carbons (Fsp3) is 0.421. The van der Waals surface area contributed by atoms with E-state index in [1.165, 1.54) is 30.1 Å². The van der Waals surface area contributed by atoms with Crippen molar-refractivity contribution in [3.05, 3.63) is 41.1 Å². The zero-order valence-electron chi connectivity index (χ0n) is 15.0. The fourth-order valence-electron chi connectivity index (χ4n) is 3.87. The topological polar surface area (TPSA) is 75.1 Å². The van der Waals surface area contributed by atoms with Crippen LogP contribution in [0, 0.1) is 0 Å². The molecule has 0 radical (unpaired) electrons. The van der Waals surface area contributed by atoms with Crippen LogP contribution in [0.4, 0.5) is 5.82 Å². The molecular weight excluding hydrogens is 360 g/mol. The highest BCUT2D eigenvalue weighted by molar-refractivity contribution is 7.00. The molecule has 3 aromatic rings. The molecule has 0 saturated carbocycles. The minimum Gasteiger partial charge on any atom is -0.352 e. The van der Waals surface area contributed by atoms with Crippen molar-refractivity contribution in [1.82, 2.24) is 23.8 Å². The molecule has 1 aromatic carbocycles. The molecule has 1 aliphatic heterocycles. The van der Waals surface area contributed by atoms with Crippen LogP contribution in [0.5, 0.6) is 0 Å². The molecule has 7 nitrogen and oxygen atoms in total. The van der Waals surface area contributed by atoms with Crippen molar-refractivity contribution in [3.8, 4) is 0 Å². The molecule has 2 aromatic heterocycles. The lowest BCUT2D eigenvalue weighted by Crippen LogP contribution is -2.49. The Kier molecular flexibility index (Phi) is 4.20. The van der Waals surface area contributed by atoms with E-state index in [9.17, 15) is 4.79 Å². The van der Waals surface area contributed by atoms with E-state index >= 15 is 0 Å².